The Labute approximate surface area is 200 Å². The molecule has 0 atom stereocenters. The molecule has 10 heteroatoms. The Bertz CT molecular complexity index is 1220. The Morgan fingerprint density at radius 3 is 2.47 bits per heavy atom. The van der Waals surface area contributed by atoms with E-state index in [1.54, 1.807) is 40.3 Å². The minimum atomic E-state index is -2.87. The number of hydrogen-bond donors (Lipinski definition) is 3. The van der Waals surface area contributed by atoms with Gasteiger partial charge < -0.3 is 5.73 Å². The van der Waals surface area contributed by atoms with Gasteiger partial charge in [-0.15, -0.1) is 0 Å². The number of benzene rings is 1. The summed E-state index contributed by atoms with van der Waals surface area (Å²) in [5, 5.41) is 0.242. The van der Waals surface area contributed by atoms with Crippen molar-refractivity contribution in [2.75, 3.05) is 29.1 Å². The summed E-state index contributed by atoms with van der Waals surface area (Å²) < 4.78 is 19.6. The first-order valence-electron chi connectivity index (χ1n) is 10.8. The van der Waals surface area contributed by atoms with Gasteiger partial charge in [0.1, 0.15) is 22.4 Å². The van der Waals surface area contributed by atoms with E-state index in [0.29, 0.717) is 30.4 Å². The third-order valence-electron chi connectivity index (χ3n) is 5.30. The summed E-state index contributed by atoms with van der Waals surface area (Å²) in [6, 6.07) is 16.3. The van der Waals surface area contributed by atoms with Gasteiger partial charge in [-0.05, 0) is 55.8 Å². The maximum Gasteiger partial charge on any atom is 0.330 e. The zero-order valence-electron chi connectivity index (χ0n) is 19.3. The lowest BCUT2D eigenvalue weighted by molar-refractivity contribution is 0.255. The molecule has 9 nitrogen and oxygen atoms in total. The van der Waals surface area contributed by atoms with Crippen molar-refractivity contribution >= 4 is 34.0 Å². The monoisotopic (exact) mass is 480 g/mol. The number of amidine groups is 1. The lowest BCUT2D eigenvalue weighted by Gasteiger charge is -2.25. The van der Waals surface area contributed by atoms with Crippen LogP contribution >= 0.6 is 10.6 Å². The van der Waals surface area contributed by atoms with Crippen molar-refractivity contribution in [3.05, 3.63) is 66.5 Å². The number of nitrogens with two attached hydrogens (primary N) is 1. The summed E-state index contributed by atoms with van der Waals surface area (Å²) in [6.45, 7) is 4.88. The van der Waals surface area contributed by atoms with Crippen LogP contribution in [0.5, 0.6) is 0 Å². The first-order valence-corrected chi connectivity index (χ1v) is 12.8. The first kappa shape index (κ1) is 23.7. The quantitative estimate of drug-likeness (QED) is 0.353. The number of aliphatic imine (C=N–C) groups is 1. The van der Waals surface area contributed by atoms with E-state index < -0.39 is 10.6 Å². The molecule has 4 rings (SSSR count). The Morgan fingerprint density at radius 2 is 1.79 bits per heavy atom. The third-order valence-corrected chi connectivity index (χ3v) is 6.34. The van der Waals surface area contributed by atoms with Crippen molar-refractivity contribution in [1.29, 1.82) is 0 Å². The van der Waals surface area contributed by atoms with Crippen LogP contribution in [0.3, 0.4) is 0 Å². The van der Waals surface area contributed by atoms with E-state index in [2.05, 4.69) is 15.0 Å². The zero-order valence-corrected chi connectivity index (χ0v) is 20.1. The van der Waals surface area contributed by atoms with E-state index in [4.69, 9.17) is 5.73 Å². The summed E-state index contributed by atoms with van der Waals surface area (Å²) >= 11 is 0. The third kappa shape index (κ3) is 5.04. The number of hydrogen-bond acceptors (Lipinski definition) is 6. The van der Waals surface area contributed by atoms with Crippen molar-refractivity contribution in [1.82, 2.24) is 9.97 Å². The normalized spacial score (nSPS) is 15.4. The molecule has 1 aliphatic rings. The molecule has 1 aliphatic heterocycles. The summed E-state index contributed by atoms with van der Waals surface area (Å²) in [5.41, 5.74) is 9.04. The van der Waals surface area contributed by atoms with Crippen LogP contribution in [0, 0.1) is 0 Å². The molecule has 1 aromatic carbocycles. The topological polar surface area (TPSA) is 128 Å². The molecular formula is C24H28N6O3S. The van der Waals surface area contributed by atoms with Crippen LogP contribution < -0.4 is 15.5 Å². The average molecular weight is 481 g/mol. The van der Waals surface area contributed by atoms with Crippen molar-refractivity contribution < 1.29 is 13.9 Å². The van der Waals surface area contributed by atoms with E-state index in [9.17, 15) is 13.9 Å². The molecule has 4 N–H and O–H groups in total. The minimum absolute atomic E-state index is 0.0473. The largest absolute Gasteiger partial charge is 0.382 e. The predicted octanol–water partition coefficient (Wildman–Crippen LogP) is 4.44. The highest BCUT2D eigenvalue weighted by molar-refractivity contribution is 8.23. The van der Waals surface area contributed by atoms with E-state index in [0.717, 1.165) is 16.8 Å². The second-order valence-electron chi connectivity index (χ2n) is 8.34. The lowest BCUT2D eigenvalue weighted by Crippen LogP contribution is -2.32. The number of carbonyl (C=O) groups excluding carboxylic acids is 1. The van der Waals surface area contributed by atoms with Crippen LogP contribution in [0.25, 0.3) is 11.1 Å². The molecule has 3 aromatic rings. The van der Waals surface area contributed by atoms with Crippen molar-refractivity contribution in [3.63, 3.8) is 0 Å². The van der Waals surface area contributed by atoms with Gasteiger partial charge >= 0.3 is 6.03 Å². The number of carbonyl (C=O) groups is 1. The fourth-order valence-electron chi connectivity index (χ4n) is 3.68. The standard InChI is InChI=1S/C24H28N6O3S/c1-16(2)27-23(25)20-8-5-9-21(28-20)30-13-12-29(24(30)31)19-7-4-6-17(14-19)18-10-11-22(26-15-18)34(3,32)33/h4-11,14-16,32-33H,12-13H2,1-3H3,(H2,25,27). The van der Waals surface area contributed by atoms with Gasteiger partial charge in [-0.3, -0.25) is 23.9 Å². The van der Waals surface area contributed by atoms with Crippen LogP contribution in [0.4, 0.5) is 16.3 Å². The molecule has 34 heavy (non-hydrogen) atoms. The molecule has 0 saturated carbocycles. The highest BCUT2D eigenvalue weighted by Crippen LogP contribution is 2.42. The van der Waals surface area contributed by atoms with Crippen LogP contribution in [0.2, 0.25) is 0 Å². The SMILES string of the molecule is CC(C)N=C(N)c1cccc(N2CCN(c3cccc(-c4ccc(S(C)(O)O)nc4)c3)C2=O)n1. The van der Waals surface area contributed by atoms with Gasteiger partial charge in [0.2, 0.25) is 0 Å². The number of nitrogens with zero attached hydrogens (tertiary/aromatic N) is 5. The molecule has 0 aliphatic carbocycles. The molecule has 2 amide bonds. The number of urea groups is 1. The molecular weight excluding hydrogens is 452 g/mol. The summed E-state index contributed by atoms with van der Waals surface area (Å²) in [5.74, 6) is 0.874. The van der Waals surface area contributed by atoms with Gasteiger partial charge in [-0.25, -0.2) is 14.8 Å². The zero-order chi connectivity index (χ0) is 24.5. The highest BCUT2D eigenvalue weighted by atomic mass is 32.3. The fraction of sp³-hybridized carbons (Fsp3) is 0.250. The summed E-state index contributed by atoms with van der Waals surface area (Å²) in [7, 11) is -2.87. The predicted molar refractivity (Wildman–Crippen MR) is 137 cm³/mol. The first-order chi connectivity index (χ1) is 16.1. The smallest absolute Gasteiger partial charge is 0.330 e. The maximum atomic E-state index is 13.3. The van der Waals surface area contributed by atoms with Crippen molar-refractivity contribution in [3.8, 4) is 11.1 Å². The van der Waals surface area contributed by atoms with Crippen LogP contribution in [0.15, 0.2) is 70.8 Å². The van der Waals surface area contributed by atoms with E-state index >= 15 is 0 Å². The van der Waals surface area contributed by atoms with E-state index in [1.165, 1.54) is 6.26 Å². The Balaban J connectivity index is 1.56. The molecule has 0 spiro atoms. The van der Waals surface area contributed by atoms with E-state index in [1.807, 2.05) is 44.2 Å². The van der Waals surface area contributed by atoms with Gasteiger partial charge in [0, 0.05) is 42.8 Å². The van der Waals surface area contributed by atoms with Gasteiger partial charge in [0.15, 0.2) is 0 Å². The second kappa shape index (κ2) is 9.41. The van der Waals surface area contributed by atoms with Crippen molar-refractivity contribution in [2.24, 2.45) is 10.7 Å². The lowest BCUT2D eigenvalue weighted by atomic mass is 10.1. The maximum absolute atomic E-state index is 13.3. The van der Waals surface area contributed by atoms with Gasteiger partial charge in [0.25, 0.3) is 0 Å². The average Bonchev–Trinajstić information content (AvgIpc) is 3.19. The van der Waals surface area contributed by atoms with Crippen LogP contribution in [-0.2, 0) is 0 Å². The summed E-state index contributed by atoms with van der Waals surface area (Å²) in [6.07, 6.45) is 2.94. The Kier molecular flexibility index (Phi) is 6.56. The molecule has 178 valence electrons. The number of rotatable bonds is 6. The molecule has 1 saturated heterocycles. The van der Waals surface area contributed by atoms with Gasteiger partial charge in [-0.2, -0.15) is 10.6 Å². The molecule has 2 aromatic heterocycles. The highest BCUT2D eigenvalue weighted by Gasteiger charge is 2.31. The number of amides is 2. The van der Waals surface area contributed by atoms with E-state index in [-0.39, 0.29) is 17.1 Å². The Hall–Kier alpha value is -3.47. The molecule has 0 bridgehead atoms. The van der Waals surface area contributed by atoms with Crippen LogP contribution in [0.1, 0.15) is 19.5 Å². The number of anilines is 2. The minimum Gasteiger partial charge on any atom is -0.382 e. The second-order valence-corrected chi connectivity index (χ2v) is 10.4. The summed E-state index contributed by atoms with van der Waals surface area (Å²) in [4.78, 5) is 29.7. The molecule has 0 unspecified atom stereocenters. The number of pyridine rings is 2. The molecule has 0 radical (unpaired) electrons. The van der Waals surface area contributed by atoms with Crippen molar-refractivity contribution in [2.45, 2.75) is 24.9 Å². The van der Waals surface area contributed by atoms with Gasteiger partial charge in [0.05, 0.1) is 0 Å². The molecule has 1 fully saturated rings. The molecule has 3 heterocycles. The van der Waals surface area contributed by atoms with Gasteiger partial charge in [-0.1, -0.05) is 18.2 Å². The van der Waals surface area contributed by atoms with Crippen LogP contribution in [-0.4, -0.2) is 56.3 Å². The fourth-order valence-corrected chi connectivity index (χ4v) is 4.26. The number of aromatic nitrogens is 2. The Morgan fingerprint density at radius 1 is 1.06 bits per heavy atom.